The van der Waals surface area contributed by atoms with Crippen LogP contribution < -0.4 is 5.19 Å². The maximum Gasteiger partial charge on any atom is 0.100 e. The van der Waals surface area contributed by atoms with Gasteiger partial charge in [-0.1, -0.05) is 72.4 Å². The number of piperazine rings is 1. The van der Waals surface area contributed by atoms with Crippen molar-refractivity contribution in [1.82, 2.24) is 9.80 Å². The molecule has 2 aromatic rings. The van der Waals surface area contributed by atoms with E-state index in [1.165, 1.54) is 61.5 Å². The molecule has 0 bridgehead atoms. The van der Waals surface area contributed by atoms with E-state index in [0.717, 1.165) is 18.4 Å². The van der Waals surface area contributed by atoms with Crippen LogP contribution in [0.3, 0.4) is 0 Å². The third-order valence-corrected chi connectivity index (χ3v) is 9.07. The van der Waals surface area contributed by atoms with E-state index in [-0.39, 0.29) is 0 Å². The van der Waals surface area contributed by atoms with Gasteiger partial charge in [-0.15, -0.1) is 0 Å². The van der Waals surface area contributed by atoms with Crippen LogP contribution >= 0.6 is 0 Å². The lowest BCUT2D eigenvalue weighted by atomic mass is 10.00. The standard InChI is InChI=1S/C25H36N2OSi/c1-4-28-21-29(20-8-15-27-18-16-26(3)17-19-27)25-13-11-24(12-14-25)22(2)23-9-6-5-7-10-23/h5-7,9-14,29H,2,4,8,15-21H2,1,3H3. The van der Waals surface area contributed by atoms with Crippen molar-refractivity contribution in [3.63, 3.8) is 0 Å². The second-order valence-electron chi connectivity index (χ2n) is 8.11. The fourth-order valence-electron chi connectivity index (χ4n) is 4.00. The summed E-state index contributed by atoms with van der Waals surface area (Å²) in [7, 11) is 1.11. The van der Waals surface area contributed by atoms with E-state index in [4.69, 9.17) is 4.74 Å². The third-order valence-electron chi connectivity index (χ3n) is 6.00. The molecule has 1 aliphatic rings. The summed E-state index contributed by atoms with van der Waals surface area (Å²) in [6, 6.07) is 20.9. The normalized spacial score (nSPS) is 16.6. The van der Waals surface area contributed by atoms with Gasteiger partial charge in [-0.05, 0) is 43.6 Å². The van der Waals surface area contributed by atoms with Gasteiger partial charge in [0.05, 0.1) is 0 Å². The number of likely N-dealkylation sites (N-methyl/N-ethyl adjacent to an activating group) is 1. The molecular weight excluding hydrogens is 372 g/mol. The van der Waals surface area contributed by atoms with E-state index in [9.17, 15) is 0 Å². The van der Waals surface area contributed by atoms with Gasteiger partial charge in [-0.25, -0.2) is 0 Å². The minimum Gasteiger partial charge on any atom is -0.385 e. The van der Waals surface area contributed by atoms with Gasteiger partial charge < -0.3 is 14.5 Å². The number of ether oxygens (including phenoxy) is 1. The molecule has 0 radical (unpaired) electrons. The molecule has 1 heterocycles. The van der Waals surface area contributed by atoms with Gasteiger partial charge in [-0.3, -0.25) is 0 Å². The summed E-state index contributed by atoms with van der Waals surface area (Å²) in [6.45, 7) is 13.3. The smallest absolute Gasteiger partial charge is 0.100 e. The molecule has 0 aliphatic carbocycles. The molecule has 3 rings (SSSR count). The Hall–Kier alpha value is -1.72. The Morgan fingerprint density at radius 3 is 2.28 bits per heavy atom. The monoisotopic (exact) mass is 408 g/mol. The average Bonchev–Trinajstić information content (AvgIpc) is 2.77. The Bertz CT molecular complexity index is 739. The number of nitrogens with zero attached hydrogens (tertiary/aromatic N) is 2. The van der Waals surface area contributed by atoms with E-state index >= 15 is 0 Å². The topological polar surface area (TPSA) is 15.7 Å². The first-order valence-electron chi connectivity index (χ1n) is 11.0. The summed E-state index contributed by atoms with van der Waals surface area (Å²) in [5.41, 5.74) is 3.49. The third kappa shape index (κ3) is 6.64. The number of benzene rings is 2. The van der Waals surface area contributed by atoms with Gasteiger partial charge in [-0.2, -0.15) is 0 Å². The van der Waals surface area contributed by atoms with Crippen LogP contribution in [0.5, 0.6) is 0 Å². The number of hydrogen-bond donors (Lipinski definition) is 0. The van der Waals surface area contributed by atoms with Gasteiger partial charge in [0.1, 0.15) is 8.80 Å². The Balaban J connectivity index is 1.58. The van der Waals surface area contributed by atoms with Gasteiger partial charge in [0.2, 0.25) is 0 Å². The van der Waals surface area contributed by atoms with Crippen molar-refractivity contribution in [3.05, 3.63) is 72.3 Å². The quantitative estimate of drug-likeness (QED) is 0.561. The predicted molar refractivity (Wildman–Crippen MR) is 128 cm³/mol. The minimum atomic E-state index is -1.11. The fourth-order valence-corrected chi connectivity index (χ4v) is 6.63. The highest BCUT2D eigenvalue weighted by Crippen LogP contribution is 2.20. The Kier molecular flexibility index (Phi) is 8.68. The molecule has 1 atom stereocenters. The maximum atomic E-state index is 5.88. The first kappa shape index (κ1) is 22.0. The Morgan fingerprint density at radius 1 is 0.966 bits per heavy atom. The zero-order valence-corrected chi connectivity index (χ0v) is 19.3. The van der Waals surface area contributed by atoms with E-state index in [1.54, 1.807) is 0 Å². The molecule has 1 fully saturated rings. The molecule has 29 heavy (non-hydrogen) atoms. The van der Waals surface area contributed by atoms with Crippen molar-refractivity contribution in [2.75, 3.05) is 52.6 Å². The van der Waals surface area contributed by atoms with Crippen molar-refractivity contribution < 1.29 is 4.74 Å². The van der Waals surface area contributed by atoms with Crippen molar-refractivity contribution in [1.29, 1.82) is 0 Å². The SMILES string of the molecule is C=C(c1ccccc1)c1ccc([SiH](CCCN2CCN(C)CC2)COCC)cc1. The second kappa shape index (κ2) is 11.5. The molecule has 156 valence electrons. The fraction of sp³-hybridized carbons (Fsp3) is 0.440. The average molecular weight is 409 g/mol. The van der Waals surface area contributed by atoms with E-state index in [1.807, 2.05) is 6.07 Å². The van der Waals surface area contributed by atoms with Crippen molar-refractivity contribution in [3.8, 4) is 0 Å². The van der Waals surface area contributed by atoms with E-state index in [0.29, 0.717) is 0 Å². The molecule has 2 aromatic carbocycles. The van der Waals surface area contributed by atoms with Crippen LogP contribution in [0.4, 0.5) is 0 Å². The molecular formula is C25H36N2OSi. The summed E-state index contributed by atoms with van der Waals surface area (Å²) in [5, 5.41) is 1.52. The molecule has 1 aliphatic heterocycles. The summed E-state index contributed by atoms with van der Waals surface area (Å²) >= 11 is 0. The molecule has 0 aromatic heterocycles. The Morgan fingerprint density at radius 2 is 1.62 bits per heavy atom. The van der Waals surface area contributed by atoms with Crippen LogP contribution in [-0.4, -0.2) is 71.2 Å². The summed E-state index contributed by atoms with van der Waals surface area (Å²) in [5.74, 6) is 0. The lowest BCUT2D eigenvalue weighted by molar-refractivity contribution is 0.154. The largest absolute Gasteiger partial charge is 0.385 e. The number of rotatable bonds is 10. The lowest BCUT2D eigenvalue weighted by Gasteiger charge is -2.32. The maximum absolute atomic E-state index is 5.88. The molecule has 4 heteroatoms. The van der Waals surface area contributed by atoms with Crippen LogP contribution in [0.25, 0.3) is 5.57 Å². The van der Waals surface area contributed by atoms with Crippen LogP contribution in [-0.2, 0) is 4.74 Å². The number of hydrogen-bond acceptors (Lipinski definition) is 3. The van der Waals surface area contributed by atoms with Gasteiger partial charge >= 0.3 is 0 Å². The first-order chi connectivity index (χ1) is 14.2. The lowest BCUT2D eigenvalue weighted by Crippen LogP contribution is -2.45. The molecule has 1 saturated heterocycles. The predicted octanol–water partition coefficient (Wildman–Crippen LogP) is 3.40. The Labute approximate surface area is 178 Å². The summed E-state index contributed by atoms with van der Waals surface area (Å²) in [6.07, 6.45) is 2.23. The molecule has 0 spiro atoms. The van der Waals surface area contributed by atoms with Crippen LogP contribution in [0.2, 0.25) is 6.04 Å². The van der Waals surface area contributed by atoms with Crippen molar-refractivity contribution >= 4 is 19.6 Å². The highest BCUT2D eigenvalue weighted by molar-refractivity contribution is 6.73. The molecule has 0 N–H and O–H groups in total. The highest BCUT2D eigenvalue weighted by atomic mass is 28.3. The minimum absolute atomic E-state index is 0.810. The van der Waals surface area contributed by atoms with E-state index in [2.05, 4.69) is 78.9 Å². The van der Waals surface area contributed by atoms with Gasteiger partial charge in [0.25, 0.3) is 0 Å². The first-order valence-corrected chi connectivity index (χ1v) is 13.2. The summed E-state index contributed by atoms with van der Waals surface area (Å²) in [4.78, 5) is 5.05. The van der Waals surface area contributed by atoms with Crippen molar-refractivity contribution in [2.45, 2.75) is 19.4 Å². The molecule has 0 amide bonds. The van der Waals surface area contributed by atoms with E-state index < -0.39 is 8.80 Å². The van der Waals surface area contributed by atoms with Crippen LogP contribution in [0.15, 0.2) is 61.2 Å². The summed E-state index contributed by atoms with van der Waals surface area (Å²) < 4.78 is 5.88. The van der Waals surface area contributed by atoms with Gasteiger partial charge in [0.15, 0.2) is 0 Å². The zero-order chi connectivity index (χ0) is 20.5. The molecule has 3 nitrogen and oxygen atoms in total. The van der Waals surface area contributed by atoms with Crippen LogP contribution in [0, 0.1) is 0 Å². The second-order valence-corrected chi connectivity index (χ2v) is 11.1. The van der Waals surface area contributed by atoms with Crippen LogP contribution in [0.1, 0.15) is 24.5 Å². The molecule has 1 unspecified atom stereocenters. The zero-order valence-electron chi connectivity index (χ0n) is 18.1. The highest BCUT2D eigenvalue weighted by Gasteiger charge is 2.17. The molecule has 0 saturated carbocycles. The van der Waals surface area contributed by atoms with Crippen molar-refractivity contribution in [2.24, 2.45) is 0 Å². The van der Waals surface area contributed by atoms with Gasteiger partial charge in [0, 0.05) is 39.0 Å².